The molecule has 3 N–H and O–H groups in total. The van der Waals surface area contributed by atoms with E-state index in [1.54, 1.807) is 0 Å². The highest BCUT2D eigenvalue weighted by molar-refractivity contribution is 5.29. The van der Waals surface area contributed by atoms with Gasteiger partial charge < -0.3 is 15.4 Å². The largest absolute Gasteiger partial charge is 0.493 e. The van der Waals surface area contributed by atoms with Crippen LogP contribution in [0.3, 0.4) is 0 Å². The third-order valence-corrected chi connectivity index (χ3v) is 3.69. The standard InChI is InChI=1S/C15H21N5O/c16-12-6-9-20(10-7-12)15-17-14(18-19-15)8-11-21-13-4-2-1-3-5-13/h1-5,12H,6-11,16H2,(H,17,18,19). The molecule has 0 unspecified atom stereocenters. The molecule has 1 aromatic carbocycles. The van der Waals surface area contributed by atoms with E-state index in [-0.39, 0.29) is 0 Å². The summed E-state index contributed by atoms with van der Waals surface area (Å²) in [5.74, 6) is 2.51. The first-order chi connectivity index (χ1) is 10.3. The van der Waals surface area contributed by atoms with Crippen molar-refractivity contribution in [3.8, 4) is 5.75 Å². The molecule has 0 spiro atoms. The van der Waals surface area contributed by atoms with Crippen molar-refractivity contribution >= 4 is 5.95 Å². The number of ether oxygens (including phenoxy) is 1. The second kappa shape index (κ2) is 6.58. The van der Waals surface area contributed by atoms with Crippen LogP contribution in [-0.2, 0) is 6.42 Å². The lowest BCUT2D eigenvalue weighted by atomic mass is 10.1. The average molecular weight is 287 g/mol. The molecule has 1 saturated heterocycles. The van der Waals surface area contributed by atoms with Gasteiger partial charge >= 0.3 is 0 Å². The first-order valence-electron chi connectivity index (χ1n) is 7.41. The normalized spacial score (nSPS) is 16.1. The van der Waals surface area contributed by atoms with Crippen LogP contribution in [0.15, 0.2) is 30.3 Å². The van der Waals surface area contributed by atoms with Gasteiger partial charge in [-0.1, -0.05) is 18.2 Å². The number of hydrogen-bond acceptors (Lipinski definition) is 5. The smallest absolute Gasteiger partial charge is 0.244 e. The average Bonchev–Trinajstić information content (AvgIpc) is 2.98. The van der Waals surface area contributed by atoms with Crippen LogP contribution in [0, 0.1) is 0 Å². The molecule has 1 fully saturated rings. The molecule has 0 saturated carbocycles. The maximum Gasteiger partial charge on any atom is 0.244 e. The van der Waals surface area contributed by atoms with Gasteiger partial charge in [-0.2, -0.15) is 4.98 Å². The molecule has 2 heterocycles. The van der Waals surface area contributed by atoms with Crippen LogP contribution in [0.1, 0.15) is 18.7 Å². The fourth-order valence-corrected chi connectivity index (χ4v) is 2.42. The van der Waals surface area contributed by atoms with Gasteiger partial charge in [-0.25, -0.2) is 0 Å². The van der Waals surface area contributed by atoms with Crippen LogP contribution in [0.5, 0.6) is 5.75 Å². The van der Waals surface area contributed by atoms with E-state index < -0.39 is 0 Å². The molecule has 1 aliphatic rings. The summed E-state index contributed by atoms with van der Waals surface area (Å²) in [6, 6.07) is 10.1. The number of hydrogen-bond donors (Lipinski definition) is 2. The molecule has 0 radical (unpaired) electrons. The molecule has 0 amide bonds. The third-order valence-electron chi connectivity index (χ3n) is 3.69. The second-order valence-electron chi connectivity index (χ2n) is 5.32. The molecule has 0 atom stereocenters. The topological polar surface area (TPSA) is 80.1 Å². The monoisotopic (exact) mass is 287 g/mol. The van der Waals surface area contributed by atoms with Crippen molar-refractivity contribution in [2.45, 2.75) is 25.3 Å². The molecule has 1 aromatic heterocycles. The lowest BCUT2D eigenvalue weighted by Crippen LogP contribution is -2.40. The number of rotatable bonds is 5. The van der Waals surface area contributed by atoms with Gasteiger partial charge in [0.15, 0.2) is 0 Å². The van der Waals surface area contributed by atoms with Gasteiger partial charge in [0.05, 0.1) is 6.61 Å². The zero-order chi connectivity index (χ0) is 14.5. The predicted molar refractivity (Wildman–Crippen MR) is 81.4 cm³/mol. The third kappa shape index (κ3) is 3.72. The van der Waals surface area contributed by atoms with E-state index >= 15 is 0 Å². The van der Waals surface area contributed by atoms with Crippen molar-refractivity contribution in [1.29, 1.82) is 0 Å². The molecule has 6 nitrogen and oxygen atoms in total. The van der Waals surface area contributed by atoms with Crippen molar-refractivity contribution < 1.29 is 4.74 Å². The Labute approximate surface area is 124 Å². The van der Waals surface area contributed by atoms with Crippen LogP contribution in [-0.4, -0.2) is 40.9 Å². The zero-order valence-electron chi connectivity index (χ0n) is 12.0. The Balaban J connectivity index is 1.49. The molecule has 21 heavy (non-hydrogen) atoms. The molecular formula is C15H21N5O. The van der Waals surface area contributed by atoms with Gasteiger partial charge in [0.2, 0.25) is 5.95 Å². The molecule has 6 heteroatoms. The number of nitrogens with zero attached hydrogens (tertiary/aromatic N) is 3. The molecule has 0 bridgehead atoms. The van der Waals surface area contributed by atoms with Crippen LogP contribution in [0.25, 0.3) is 0 Å². The predicted octanol–water partition coefficient (Wildman–Crippen LogP) is 1.35. The zero-order valence-corrected chi connectivity index (χ0v) is 12.0. The van der Waals surface area contributed by atoms with Gasteiger partial charge in [0, 0.05) is 25.6 Å². The van der Waals surface area contributed by atoms with Crippen LogP contribution < -0.4 is 15.4 Å². The summed E-state index contributed by atoms with van der Waals surface area (Å²) in [4.78, 5) is 6.71. The van der Waals surface area contributed by atoms with Crippen LogP contribution >= 0.6 is 0 Å². The van der Waals surface area contributed by atoms with Crippen molar-refractivity contribution in [2.75, 3.05) is 24.6 Å². The summed E-state index contributed by atoms with van der Waals surface area (Å²) in [5.41, 5.74) is 5.91. The molecule has 1 aliphatic heterocycles. The van der Waals surface area contributed by atoms with E-state index in [4.69, 9.17) is 10.5 Å². The van der Waals surface area contributed by atoms with Crippen molar-refractivity contribution in [3.63, 3.8) is 0 Å². The number of aromatic amines is 1. The molecular weight excluding hydrogens is 266 g/mol. The van der Waals surface area contributed by atoms with Crippen LogP contribution in [0.2, 0.25) is 0 Å². The molecule has 2 aromatic rings. The molecule has 0 aliphatic carbocycles. The second-order valence-corrected chi connectivity index (χ2v) is 5.32. The Hall–Kier alpha value is -2.08. The van der Waals surface area contributed by atoms with E-state index in [0.29, 0.717) is 12.6 Å². The summed E-state index contributed by atoms with van der Waals surface area (Å²) in [6.45, 7) is 2.45. The SMILES string of the molecule is NC1CCN(c2n[nH]c(CCOc3ccccc3)n2)CC1. The number of nitrogens with two attached hydrogens (primary N) is 1. The summed E-state index contributed by atoms with van der Waals surface area (Å²) < 4.78 is 5.66. The summed E-state index contributed by atoms with van der Waals surface area (Å²) >= 11 is 0. The highest BCUT2D eigenvalue weighted by Crippen LogP contribution is 2.15. The van der Waals surface area contributed by atoms with Crippen molar-refractivity contribution in [1.82, 2.24) is 15.2 Å². The van der Waals surface area contributed by atoms with Crippen molar-refractivity contribution in [3.05, 3.63) is 36.2 Å². The Morgan fingerprint density at radius 2 is 2.00 bits per heavy atom. The van der Waals surface area contributed by atoms with E-state index in [2.05, 4.69) is 20.1 Å². The number of anilines is 1. The number of para-hydroxylation sites is 1. The van der Waals surface area contributed by atoms with Crippen molar-refractivity contribution in [2.24, 2.45) is 5.73 Å². The Morgan fingerprint density at radius 3 is 2.76 bits per heavy atom. The fraction of sp³-hybridized carbons (Fsp3) is 0.467. The minimum atomic E-state index is 0.318. The number of piperidine rings is 1. The van der Waals surface area contributed by atoms with Gasteiger partial charge in [0.1, 0.15) is 11.6 Å². The van der Waals surface area contributed by atoms with E-state index in [1.807, 2.05) is 30.3 Å². The lowest BCUT2D eigenvalue weighted by molar-refractivity contribution is 0.319. The fourth-order valence-electron chi connectivity index (χ4n) is 2.42. The summed E-state index contributed by atoms with van der Waals surface area (Å²) in [6.07, 6.45) is 2.72. The number of nitrogens with one attached hydrogen (secondary N) is 1. The van der Waals surface area contributed by atoms with E-state index in [1.165, 1.54) is 0 Å². The molecule has 112 valence electrons. The Bertz CT molecular complexity index is 548. The van der Waals surface area contributed by atoms with Gasteiger partial charge in [-0.05, 0) is 25.0 Å². The van der Waals surface area contributed by atoms with E-state index in [9.17, 15) is 0 Å². The highest BCUT2D eigenvalue weighted by Gasteiger charge is 2.19. The minimum Gasteiger partial charge on any atom is -0.493 e. The first-order valence-corrected chi connectivity index (χ1v) is 7.41. The maximum atomic E-state index is 5.91. The highest BCUT2D eigenvalue weighted by atomic mass is 16.5. The lowest BCUT2D eigenvalue weighted by Gasteiger charge is -2.28. The number of benzene rings is 1. The van der Waals surface area contributed by atoms with E-state index in [0.717, 1.165) is 49.9 Å². The Morgan fingerprint density at radius 1 is 1.24 bits per heavy atom. The summed E-state index contributed by atoms with van der Waals surface area (Å²) in [7, 11) is 0. The van der Waals surface area contributed by atoms with Crippen LogP contribution in [0.4, 0.5) is 5.95 Å². The summed E-state index contributed by atoms with van der Waals surface area (Å²) in [5, 5.41) is 7.27. The van der Waals surface area contributed by atoms with Gasteiger partial charge in [-0.15, -0.1) is 5.10 Å². The number of aromatic nitrogens is 3. The maximum absolute atomic E-state index is 5.91. The quantitative estimate of drug-likeness (QED) is 0.868. The molecule has 3 rings (SSSR count). The first kappa shape index (κ1) is 13.9. The minimum absolute atomic E-state index is 0.318. The Kier molecular flexibility index (Phi) is 4.35. The van der Waals surface area contributed by atoms with Gasteiger partial charge in [0.25, 0.3) is 0 Å². The number of H-pyrrole nitrogens is 1. The van der Waals surface area contributed by atoms with Gasteiger partial charge in [-0.3, -0.25) is 5.10 Å².